The number of rotatable bonds is 3. The van der Waals surface area contributed by atoms with Crippen LogP contribution in [-0.4, -0.2) is 20.2 Å². The third-order valence-electron chi connectivity index (χ3n) is 2.95. The summed E-state index contributed by atoms with van der Waals surface area (Å²) in [6.07, 6.45) is 1.81. The van der Waals surface area contributed by atoms with Crippen molar-refractivity contribution >= 4 is 22.7 Å². The van der Waals surface area contributed by atoms with E-state index in [9.17, 15) is 0 Å². The van der Waals surface area contributed by atoms with Gasteiger partial charge in [-0.2, -0.15) is 10.1 Å². The van der Waals surface area contributed by atoms with E-state index in [1.807, 2.05) is 36.5 Å². The van der Waals surface area contributed by atoms with Gasteiger partial charge in [-0.15, -0.1) is 0 Å². The summed E-state index contributed by atoms with van der Waals surface area (Å²) in [6.45, 7) is 4.23. The largest absolute Gasteiger partial charge is 0.324 e. The van der Waals surface area contributed by atoms with Gasteiger partial charge >= 0.3 is 0 Å². The number of nitrogens with one attached hydrogen (secondary N) is 2. The molecule has 0 bridgehead atoms. The van der Waals surface area contributed by atoms with Crippen LogP contribution in [-0.2, 0) is 0 Å². The Labute approximate surface area is 111 Å². The smallest absolute Gasteiger partial charge is 0.229 e. The predicted octanol–water partition coefficient (Wildman–Crippen LogP) is 3.22. The van der Waals surface area contributed by atoms with Crippen molar-refractivity contribution in [3.63, 3.8) is 0 Å². The van der Waals surface area contributed by atoms with Gasteiger partial charge in [0.15, 0.2) is 5.65 Å². The van der Waals surface area contributed by atoms with Crippen molar-refractivity contribution in [2.45, 2.75) is 19.8 Å². The summed E-state index contributed by atoms with van der Waals surface area (Å²) in [5.74, 6) is 0.932. The van der Waals surface area contributed by atoms with Gasteiger partial charge in [-0.05, 0) is 18.1 Å². The highest BCUT2D eigenvalue weighted by Crippen LogP contribution is 2.22. The quantitative estimate of drug-likeness (QED) is 0.752. The molecular formula is C14H15N5. The van der Waals surface area contributed by atoms with E-state index in [-0.39, 0.29) is 0 Å². The number of para-hydroxylation sites is 1. The SMILES string of the molecule is CC(C)c1[nH]nc2nc(Nc3ccccc3)ncc12. The van der Waals surface area contributed by atoms with E-state index >= 15 is 0 Å². The molecule has 0 fully saturated rings. The van der Waals surface area contributed by atoms with Crippen LogP contribution in [0.25, 0.3) is 11.0 Å². The third-order valence-corrected chi connectivity index (χ3v) is 2.95. The Morgan fingerprint density at radius 3 is 2.68 bits per heavy atom. The Kier molecular flexibility index (Phi) is 2.87. The molecule has 19 heavy (non-hydrogen) atoms. The molecule has 0 atom stereocenters. The summed E-state index contributed by atoms with van der Waals surface area (Å²) in [5, 5.41) is 11.4. The Balaban J connectivity index is 1.94. The number of H-pyrrole nitrogens is 1. The minimum absolute atomic E-state index is 0.376. The molecule has 2 heterocycles. The maximum Gasteiger partial charge on any atom is 0.229 e. The molecule has 3 rings (SSSR count). The van der Waals surface area contributed by atoms with Crippen LogP contribution in [0.1, 0.15) is 25.5 Å². The Bertz CT molecular complexity index is 687. The fourth-order valence-electron chi connectivity index (χ4n) is 1.97. The first-order valence-corrected chi connectivity index (χ1v) is 6.27. The molecule has 0 aliphatic heterocycles. The van der Waals surface area contributed by atoms with Crippen molar-refractivity contribution in [2.75, 3.05) is 5.32 Å². The van der Waals surface area contributed by atoms with Crippen molar-refractivity contribution in [3.8, 4) is 0 Å². The van der Waals surface area contributed by atoms with Crippen LogP contribution < -0.4 is 5.32 Å². The second kappa shape index (κ2) is 4.68. The predicted molar refractivity (Wildman–Crippen MR) is 75.5 cm³/mol. The van der Waals surface area contributed by atoms with Crippen LogP contribution >= 0.6 is 0 Å². The summed E-state index contributed by atoms with van der Waals surface area (Å²) in [6, 6.07) is 9.84. The lowest BCUT2D eigenvalue weighted by molar-refractivity contribution is 0.817. The van der Waals surface area contributed by atoms with Gasteiger partial charge in [0.2, 0.25) is 5.95 Å². The fraction of sp³-hybridized carbons (Fsp3) is 0.214. The van der Waals surface area contributed by atoms with Gasteiger partial charge in [0.25, 0.3) is 0 Å². The van der Waals surface area contributed by atoms with Gasteiger partial charge in [0, 0.05) is 17.6 Å². The highest BCUT2D eigenvalue weighted by Gasteiger charge is 2.11. The van der Waals surface area contributed by atoms with Gasteiger partial charge in [0.1, 0.15) is 0 Å². The van der Waals surface area contributed by atoms with Gasteiger partial charge in [0.05, 0.1) is 5.39 Å². The lowest BCUT2D eigenvalue weighted by atomic mass is 10.1. The number of hydrogen-bond donors (Lipinski definition) is 2. The van der Waals surface area contributed by atoms with Crippen molar-refractivity contribution in [2.24, 2.45) is 0 Å². The standard InChI is InChI=1S/C14H15N5/c1-9(2)12-11-8-15-14(17-13(11)19-18-12)16-10-6-4-3-5-7-10/h3-9H,1-2H3,(H2,15,16,17,18,19). The molecule has 0 radical (unpaired) electrons. The molecule has 3 aromatic rings. The minimum atomic E-state index is 0.376. The first kappa shape index (κ1) is 11.6. The molecule has 0 amide bonds. The van der Waals surface area contributed by atoms with Gasteiger partial charge in [-0.3, -0.25) is 5.10 Å². The average Bonchev–Trinajstić information content (AvgIpc) is 2.83. The molecule has 5 nitrogen and oxygen atoms in total. The van der Waals surface area contributed by atoms with E-state index in [0.717, 1.165) is 16.8 Å². The van der Waals surface area contributed by atoms with E-state index < -0.39 is 0 Å². The van der Waals surface area contributed by atoms with Crippen LogP contribution in [0.3, 0.4) is 0 Å². The number of fused-ring (bicyclic) bond motifs is 1. The van der Waals surface area contributed by atoms with Crippen LogP contribution in [0.2, 0.25) is 0 Å². The Hall–Kier alpha value is -2.43. The summed E-state index contributed by atoms with van der Waals surface area (Å²) in [5.41, 5.74) is 2.72. The average molecular weight is 253 g/mol. The highest BCUT2D eigenvalue weighted by atomic mass is 15.2. The van der Waals surface area contributed by atoms with Gasteiger partial charge in [-0.25, -0.2) is 4.98 Å². The van der Waals surface area contributed by atoms with Crippen LogP contribution in [0.15, 0.2) is 36.5 Å². The fourth-order valence-corrected chi connectivity index (χ4v) is 1.97. The van der Waals surface area contributed by atoms with E-state index in [1.165, 1.54) is 0 Å². The molecule has 0 spiro atoms. The second-order valence-corrected chi connectivity index (χ2v) is 4.71. The van der Waals surface area contributed by atoms with Crippen LogP contribution in [0, 0.1) is 0 Å². The first-order chi connectivity index (χ1) is 9.24. The number of anilines is 2. The molecule has 0 aliphatic rings. The molecule has 0 unspecified atom stereocenters. The van der Waals surface area contributed by atoms with E-state index in [0.29, 0.717) is 17.5 Å². The summed E-state index contributed by atoms with van der Waals surface area (Å²) >= 11 is 0. The van der Waals surface area contributed by atoms with E-state index in [4.69, 9.17) is 0 Å². The lowest BCUT2D eigenvalue weighted by Crippen LogP contribution is -1.96. The zero-order valence-electron chi connectivity index (χ0n) is 10.9. The Morgan fingerprint density at radius 1 is 1.16 bits per heavy atom. The third kappa shape index (κ3) is 2.27. The second-order valence-electron chi connectivity index (χ2n) is 4.71. The summed E-state index contributed by atoms with van der Waals surface area (Å²) in [7, 11) is 0. The topological polar surface area (TPSA) is 66.5 Å². The molecule has 0 saturated heterocycles. The molecular weight excluding hydrogens is 238 g/mol. The summed E-state index contributed by atoms with van der Waals surface area (Å²) in [4.78, 5) is 8.74. The normalized spacial score (nSPS) is 11.1. The molecule has 2 N–H and O–H groups in total. The van der Waals surface area contributed by atoms with Crippen molar-refractivity contribution in [1.82, 2.24) is 20.2 Å². The van der Waals surface area contributed by atoms with E-state index in [1.54, 1.807) is 0 Å². The molecule has 2 aromatic heterocycles. The van der Waals surface area contributed by atoms with Gasteiger partial charge < -0.3 is 5.32 Å². The maximum absolute atomic E-state index is 4.41. The number of benzene rings is 1. The van der Waals surface area contributed by atoms with Crippen molar-refractivity contribution in [1.29, 1.82) is 0 Å². The molecule has 96 valence electrons. The molecule has 5 heteroatoms. The minimum Gasteiger partial charge on any atom is -0.324 e. The van der Waals surface area contributed by atoms with Crippen molar-refractivity contribution < 1.29 is 0 Å². The molecule has 0 saturated carbocycles. The van der Waals surface area contributed by atoms with Crippen LogP contribution in [0.5, 0.6) is 0 Å². The molecule has 1 aromatic carbocycles. The zero-order chi connectivity index (χ0) is 13.2. The number of aromatic nitrogens is 4. The van der Waals surface area contributed by atoms with E-state index in [2.05, 4.69) is 39.3 Å². The zero-order valence-corrected chi connectivity index (χ0v) is 10.9. The number of aromatic amines is 1. The number of hydrogen-bond acceptors (Lipinski definition) is 4. The Morgan fingerprint density at radius 2 is 1.95 bits per heavy atom. The summed E-state index contributed by atoms with van der Waals surface area (Å²) < 4.78 is 0. The van der Waals surface area contributed by atoms with Crippen LogP contribution in [0.4, 0.5) is 11.6 Å². The highest BCUT2D eigenvalue weighted by molar-refractivity contribution is 5.78. The monoisotopic (exact) mass is 253 g/mol. The lowest BCUT2D eigenvalue weighted by Gasteiger charge is -2.04. The molecule has 0 aliphatic carbocycles. The maximum atomic E-state index is 4.41. The first-order valence-electron chi connectivity index (χ1n) is 6.27. The number of nitrogens with zero attached hydrogens (tertiary/aromatic N) is 3. The van der Waals surface area contributed by atoms with Crippen molar-refractivity contribution in [3.05, 3.63) is 42.2 Å². The van der Waals surface area contributed by atoms with Gasteiger partial charge in [-0.1, -0.05) is 32.0 Å².